The van der Waals surface area contributed by atoms with Crippen LogP contribution in [0.25, 0.3) is 11.7 Å². The van der Waals surface area contributed by atoms with E-state index in [9.17, 15) is 13.9 Å². The Balaban J connectivity index is 1.55. The molecule has 1 aliphatic rings. The maximum absolute atomic E-state index is 13.5. The minimum absolute atomic E-state index is 0.260. The summed E-state index contributed by atoms with van der Waals surface area (Å²) < 4.78 is 37.5. The van der Waals surface area contributed by atoms with Crippen molar-refractivity contribution in [2.45, 2.75) is 25.1 Å². The smallest absolute Gasteiger partial charge is 0.283 e. The number of aliphatic hydroxyl groups is 1. The van der Waals surface area contributed by atoms with E-state index in [2.05, 4.69) is 10.2 Å². The highest BCUT2D eigenvalue weighted by atomic mass is 19.2. The third kappa shape index (κ3) is 3.18. The van der Waals surface area contributed by atoms with Gasteiger partial charge < -0.3 is 13.9 Å². The van der Waals surface area contributed by atoms with Crippen LogP contribution in [0.1, 0.15) is 23.9 Å². The molecule has 1 fully saturated rings. The second-order valence-corrected chi connectivity index (χ2v) is 5.99. The molecule has 3 aromatic rings. The van der Waals surface area contributed by atoms with Crippen LogP contribution in [-0.2, 0) is 6.54 Å². The lowest BCUT2D eigenvalue weighted by Gasteiger charge is -2.22. The first-order valence-electron chi connectivity index (χ1n) is 7.83. The van der Waals surface area contributed by atoms with Gasteiger partial charge in [-0.2, -0.15) is 0 Å². The van der Waals surface area contributed by atoms with E-state index in [4.69, 9.17) is 8.83 Å². The number of aliphatic hydroxyl groups excluding tert-OH is 1. The second-order valence-electron chi connectivity index (χ2n) is 5.99. The molecule has 0 spiro atoms. The van der Waals surface area contributed by atoms with E-state index in [1.807, 2.05) is 4.90 Å². The Kier molecular flexibility index (Phi) is 4.06. The SMILES string of the molecule is O[C@@H]1C[C@H](c2ccc(F)c(F)c2)N(Cc2nnc(-c3ccco3)o2)C1. The quantitative estimate of drug-likeness (QED) is 0.782. The second kappa shape index (κ2) is 6.38. The number of aromatic nitrogens is 2. The first-order valence-corrected chi connectivity index (χ1v) is 7.83. The third-order valence-corrected chi connectivity index (χ3v) is 4.25. The lowest BCUT2D eigenvalue weighted by molar-refractivity contribution is 0.167. The number of hydrogen-bond donors (Lipinski definition) is 1. The first-order chi connectivity index (χ1) is 12.1. The zero-order valence-electron chi connectivity index (χ0n) is 13.1. The molecule has 3 heterocycles. The molecule has 0 radical (unpaired) electrons. The maximum Gasteiger partial charge on any atom is 0.283 e. The molecule has 1 aromatic carbocycles. The number of β-amino-alcohol motifs (C(OH)–C–C–N with tert-alkyl or cyclic N) is 1. The predicted octanol–water partition coefficient (Wildman–Crippen LogP) is 2.92. The molecule has 8 heteroatoms. The molecule has 1 N–H and O–H groups in total. The molecule has 25 heavy (non-hydrogen) atoms. The van der Waals surface area contributed by atoms with Gasteiger partial charge in [-0.25, -0.2) is 8.78 Å². The molecule has 1 saturated heterocycles. The number of furan rings is 1. The normalized spacial score (nSPS) is 21.1. The van der Waals surface area contributed by atoms with Crippen LogP contribution < -0.4 is 0 Å². The van der Waals surface area contributed by atoms with Crippen molar-refractivity contribution in [1.29, 1.82) is 0 Å². The Labute approximate surface area is 141 Å². The Hall–Kier alpha value is -2.58. The standard InChI is InChI=1S/C17H15F2N3O3/c18-12-4-3-10(6-13(12)19)14-7-11(23)8-22(14)9-16-20-21-17(25-16)15-2-1-5-24-15/h1-6,11,14,23H,7-9H2/t11-,14-/m1/s1. The number of likely N-dealkylation sites (tertiary alicyclic amines) is 1. The highest BCUT2D eigenvalue weighted by Crippen LogP contribution is 2.34. The fourth-order valence-corrected chi connectivity index (χ4v) is 3.11. The van der Waals surface area contributed by atoms with Gasteiger partial charge in [0.25, 0.3) is 5.89 Å². The molecule has 0 bridgehead atoms. The zero-order valence-corrected chi connectivity index (χ0v) is 13.1. The summed E-state index contributed by atoms with van der Waals surface area (Å²) >= 11 is 0. The number of nitrogens with zero attached hydrogens (tertiary/aromatic N) is 3. The Morgan fingerprint density at radius 1 is 1.20 bits per heavy atom. The summed E-state index contributed by atoms with van der Waals surface area (Å²) in [6.45, 7) is 0.663. The number of rotatable bonds is 4. The summed E-state index contributed by atoms with van der Waals surface area (Å²) in [5.41, 5.74) is 0.598. The average molecular weight is 347 g/mol. The van der Waals surface area contributed by atoms with Crippen molar-refractivity contribution in [3.8, 4) is 11.7 Å². The fraction of sp³-hybridized carbons (Fsp3) is 0.294. The molecule has 4 rings (SSSR count). The minimum atomic E-state index is -0.906. The molecule has 0 aliphatic carbocycles. The van der Waals surface area contributed by atoms with Crippen molar-refractivity contribution in [3.63, 3.8) is 0 Å². The van der Waals surface area contributed by atoms with Gasteiger partial charge in [-0.05, 0) is 36.2 Å². The molecule has 130 valence electrons. The van der Waals surface area contributed by atoms with E-state index in [0.29, 0.717) is 30.2 Å². The summed E-state index contributed by atoms with van der Waals surface area (Å²) in [5.74, 6) is -0.708. The molecule has 2 atom stereocenters. The minimum Gasteiger partial charge on any atom is -0.459 e. The van der Waals surface area contributed by atoms with E-state index >= 15 is 0 Å². The van der Waals surface area contributed by atoms with E-state index in [1.54, 1.807) is 12.1 Å². The first kappa shape index (κ1) is 15.9. The Morgan fingerprint density at radius 3 is 2.84 bits per heavy atom. The average Bonchev–Trinajstić information content (AvgIpc) is 3.31. The monoisotopic (exact) mass is 347 g/mol. The van der Waals surface area contributed by atoms with E-state index in [1.165, 1.54) is 12.3 Å². The number of hydrogen-bond acceptors (Lipinski definition) is 6. The van der Waals surface area contributed by atoms with Crippen LogP contribution in [0.3, 0.4) is 0 Å². The zero-order chi connectivity index (χ0) is 17.4. The molecule has 6 nitrogen and oxygen atoms in total. The highest BCUT2D eigenvalue weighted by Gasteiger charge is 2.33. The van der Waals surface area contributed by atoms with Crippen molar-refractivity contribution >= 4 is 0 Å². The van der Waals surface area contributed by atoms with Crippen molar-refractivity contribution in [3.05, 3.63) is 59.7 Å². The van der Waals surface area contributed by atoms with Crippen molar-refractivity contribution in [2.24, 2.45) is 0 Å². The lowest BCUT2D eigenvalue weighted by Crippen LogP contribution is -2.24. The van der Waals surface area contributed by atoms with Gasteiger partial charge in [0.1, 0.15) is 0 Å². The molecular formula is C17H15F2N3O3. The van der Waals surface area contributed by atoms with Crippen molar-refractivity contribution < 1.29 is 22.7 Å². The van der Waals surface area contributed by atoms with E-state index in [-0.39, 0.29) is 18.5 Å². The van der Waals surface area contributed by atoms with Crippen LogP contribution >= 0.6 is 0 Å². The molecular weight excluding hydrogens is 332 g/mol. The number of halogens is 2. The van der Waals surface area contributed by atoms with E-state index in [0.717, 1.165) is 12.1 Å². The van der Waals surface area contributed by atoms with Gasteiger partial charge in [0, 0.05) is 12.6 Å². The van der Waals surface area contributed by atoms with Crippen LogP contribution in [0.4, 0.5) is 8.78 Å². The van der Waals surface area contributed by atoms with Crippen LogP contribution in [0.2, 0.25) is 0 Å². The Bertz CT molecular complexity index is 866. The molecule has 0 unspecified atom stereocenters. The summed E-state index contributed by atoms with van der Waals surface area (Å²) in [6.07, 6.45) is 1.37. The van der Waals surface area contributed by atoms with Gasteiger partial charge >= 0.3 is 0 Å². The largest absolute Gasteiger partial charge is 0.459 e. The van der Waals surface area contributed by atoms with Gasteiger partial charge in [-0.15, -0.1) is 10.2 Å². The van der Waals surface area contributed by atoms with E-state index < -0.39 is 17.7 Å². The molecule has 0 amide bonds. The predicted molar refractivity (Wildman–Crippen MR) is 82.1 cm³/mol. The van der Waals surface area contributed by atoms with Gasteiger partial charge in [-0.3, -0.25) is 4.90 Å². The topological polar surface area (TPSA) is 75.5 Å². The Morgan fingerprint density at radius 2 is 2.08 bits per heavy atom. The highest BCUT2D eigenvalue weighted by molar-refractivity contribution is 5.42. The summed E-state index contributed by atoms with van der Waals surface area (Å²) in [6, 6.07) is 6.94. The molecule has 0 saturated carbocycles. The molecule has 2 aromatic heterocycles. The van der Waals surface area contributed by atoms with Crippen LogP contribution in [0.5, 0.6) is 0 Å². The molecule has 1 aliphatic heterocycles. The van der Waals surface area contributed by atoms with Crippen LogP contribution in [0, 0.1) is 11.6 Å². The van der Waals surface area contributed by atoms with Gasteiger partial charge in [-0.1, -0.05) is 6.07 Å². The number of benzene rings is 1. The summed E-state index contributed by atoms with van der Waals surface area (Å²) in [7, 11) is 0. The van der Waals surface area contributed by atoms with Crippen LogP contribution in [-0.4, -0.2) is 32.9 Å². The van der Waals surface area contributed by atoms with Crippen molar-refractivity contribution in [2.75, 3.05) is 6.54 Å². The third-order valence-electron chi connectivity index (χ3n) is 4.25. The van der Waals surface area contributed by atoms with Crippen LogP contribution in [0.15, 0.2) is 45.4 Å². The van der Waals surface area contributed by atoms with Gasteiger partial charge in [0.15, 0.2) is 17.4 Å². The summed E-state index contributed by atoms with van der Waals surface area (Å²) in [4.78, 5) is 1.90. The van der Waals surface area contributed by atoms with Gasteiger partial charge in [0.2, 0.25) is 5.89 Å². The van der Waals surface area contributed by atoms with Crippen molar-refractivity contribution in [1.82, 2.24) is 15.1 Å². The maximum atomic E-state index is 13.5. The van der Waals surface area contributed by atoms with Gasteiger partial charge in [0.05, 0.1) is 18.9 Å². The summed E-state index contributed by atoms with van der Waals surface area (Å²) in [5, 5.41) is 17.9. The lowest BCUT2D eigenvalue weighted by atomic mass is 10.0. The fourth-order valence-electron chi connectivity index (χ4n) is 3.11.